The number of aryl methyl sites for hydroxylation is 1. The Bertz CT molecular complexity index is 289. The van der Waals surface area contributed by atoms with E-state index in [2.05, 4.69) is 5.10 Å². The highest BCUT2D eigenvalue weighted by molar-refractivity contribution is 5.85. The van der Waals surface area contributed by atoms with Crippen LogP contribution in [0, 0.1) is 0 Å². The standard InChI is InChI=1S/C5H10N4O.ClH/c1-8-4(3-6)7-9(2)5(8)10;/h3,6H2,1-2H3;1H. The molecule has 0 saturated heterocycles. The third-order valence-electron chi connectivity index (χ3n) is 1.40. The van der Waals surface area contributed by atoms with E-state index in [0.29, 0.717) is 12.4 Å². The molecule has 1 heterocycles. The summed E-state index contributed by atoms with van der Waals surface area (Å²) in [5.41, 5.74) is 5.16. The lowest BCUT2D eigenvalue weighted by Gasteiger charge is -1.89. The summed E-state index contributed by atoms with van der Waals surface area (Å²) in [6.45, 7) is 0.298. The van der Waals surface area contributed by atoms with E-state index in [-0.39, 0.29) is 18.1 Å². The zero-order valence-corrected chi connectivity index (χ0v) is 7.26. The van der Waals surface area contributed by atoms with Crippen LogP contribution in [0.15, 0.2) is 4.79 Å². The normalized spacial score (nSPS) is 9.36. The van der Waals surface area contributed by atoms with Crippen molar-refractivity contribution in [1.82, 2.24) is 14.3 Å². The van der Waals surface area contributed by atoms with E-state index in [1.165, 1.54) is 9.25 Å². The molecule has 0 radical (unpaired) electrons. The van der Waals surface area contributed by atoms with E-state index in [9.17, 15) is 4.79 Å². The van der Waals surface area contributed by atoms with Crippen LogP contribution in [-0.2, 0) is 20.6 Å². The van der Waals surface area contributed by atoms with Crippen LogP contribution in [0.5, 0.6) is 0 Å². The molecule has 0 aliphatic rings. The summed E-state index contributed by atoms with van der Waals surface area (Å²) in [5, 5.41) is 3.87. The molecule has 2 N–H and O–H groups in total. The number of hydrogen-bond donors (Lipinski definition) is 1. The van der Waals surface area contributed by atoms with Gasteiger partial charge in [0.05, 0.1) is 6.54 Å². The third-order valence-corrected chi connectivity index (χ3v) is 1.40. The summed E-state index contributed by atoms with van der Waals surface area (Å²) in [6.07, 6.45) is 0. The van der Waals surface area contributed by atoms with Gasteiger partial charge in [-0.1, -0.05) is 0 Å². The first-order valence-electron chi connectivity index (χ1n) is 2.95. The lowest BCUT2D eigenvalue weighted by molar-refractivity contribution is 0.712. The van der Waals surface area contributed by atoms with E-state index in [0.717, 1.165) is 0 Å². The van der Waals surface area contributed by atoms with Crippen molar-refractivity contribution < 1.29 is 0 Å². The molecule has 0 aliphatic carbocycles. The van der Waals surface area contributed by atoms with Gasteiger partial charge in [-0.2, -0.15) is 5.10 Å². The molecule has 0 fully saturated rings. The number of hydrogen-bond acceptors (Lipinski definition) is 3. The zero-order valence-electron chi connectivity index (χ0n) is 6.44. The second-order valence-corrected chi connectivity index (χ2v) is 2.09. The quantitative estimate of drug-likeness (QED) is 0.600. The van der Waals surface area contributed by atoms with Crippen molar-refractivity contribution in [3.05, 3.63) is 16.3 Å². The Morgan fingerprint density at radius 2 is 2.09 bits per heavy atom. The molecule has 11 heavy (non-hydrogen) atoms. The van der Waals surface area contributed by atoms with Crippen molar-refractivity contribution in [2.75, 3.05) is 0 Å². The summed E-state index contributed by atoms with van der Waals surface area (Å²) in [7, 11) is 3.25. The maximum atomic E-state index is 11.0. The minimum atomic E-state index is -0.138. The number of rotatable bonds is 1. The Kier molecular flexibility index (Phi) is 3.28. The minimum Gasteiger partial charge on any atom is -0.324 e. The second kappa shape index (κ2) is 3.54. The number of nitrogens with zero attached hydrogens (tertiary/aromatic N) is 3. The maximum Gasteiger partial charge on any atom is 0.345 e. The van der Waals surface area contributed by atoms with Crippen molar-refractivity contribution >= 4 is 12.4 Å². The molecule has 0 saturated carbocycles. The number of aromatic nitrogens is 3. The molecule has 0 amide bonds. The van der Waals surface area contributed by atoms with Gasteiger partial charge >= 0.3 is 5.69 Å². The summed E-state index contributed by atoms with van der Waals surface area (Å²) >= 11 is 0. The first kappa shape index (κ1) is 10.2. The van der Waals surface area contributed by atoms with Gasteiger partial charge in [-0.25, -0.2) is 9.48 Å². The molecule has 0 aliphatic heterocycles. The maximum absolute atomic E-state index is 11.0. The Hall–Kier alpha value is -0.810. The molecule has 0 aromatic carbocycles. The van der Waals surface area contributed by atoms with E-state index in [1.807, 2.05) is 0 Å². The molecular weight excluding hydrogens is 168 g/mol. The Labute approximate surface area is 70.2 Å². The van der Waals surface area contributed by atoms with Crippen LogP contribution >= 0.6 is 12.4 Å². The van der Waals surface area contributed by atoms with Gasteiger partial charge in [0, 0.05) is 14.1 Å². The SMILES string of the molecule is Cl.Cn1nc(CN)n(C)c1=O. The average Bonchev–Trinajstić information content (AvgIpc) is 2.17. The molecular formula is C5H11ClN4O. The summed E-state index contributed by atoms with van der Waals surface area (Å²) < 4.78 is 2.70. The molecule has 5 nitrogen and oxygen atoms in total. The van der Waals surface area contributed by atoms with E-state index < -0.39 is 0 Å². The molecule has 0 bridgehead atoms. The molecule has 6 heteroatoms. The average molecular weight is 179 g/mol. The lowest BCUT2D eigenvalue weighted by atomic mass is 10.6. The van der Waals surface area contributed by atoms with Crippen molar-refractivity contribution in [3.8, 4) is 0 Å². The highest BCUT2D eigenvalue weighted by atomic mass is 35.5. The molecule has 0 atom stereocenters. The first-order valence-corrected chi connectivity index (χ1v) is 2.95. The van der Waals surface area contributed by atoms with Crippen LogP contribution in [0.1, 0.15) is 5.82 Å². The smallest absolute Gasteiger partial charge is 0.324 e. The van der Waals surface area contributed by atoms with Crippen molar-refractivity contribution in [3.63, 3.8) is 0 Å². The highest BCUT2D eigenvalue weighted by Crippen LogP contribution is 1.83. The van der Waals surface area contributed by atoms with Crippen LogP contribution in [0.3, 0.4) is 0 Å². The fourth-order valence-corrected chi connectivity index (χ4v) is 0.788. The number of nitrogens with two attached hydrogens (primary N) is 1. The third kappa shape index (κ3) is 1.61. The van der Waals surface area contributed by atoms with Crippen molar-refractivity contribution in [2.45, 2.75) is 6.54 Å². The van der Waals surface area contributed by atoms with Gasteiger partial charge in [0.1, 0.15) is 5.82 Å². The van der Waals surface area contributed by atoms with Crippen LogP contribution in [0.25, 0.3) is 0 Å². The molecule has 1 aromatic rings. The van der Waals surface area contributed by atoms with Crippen molar-refractivity contribution in [2.24, 2.45) is 19.8 Å². The largest absolute Gasteiger partial charge is 0.345 e. The molecule has 0 spiro atoms. The van der Waals surface area contributed by atoms with Crippen LogP contribution < -0.4 is 11.4 Å². The van der Waals surface area contributed by atoms with Gasteiger partial charge in [-0.15, -0.1) is 12.4 Å². The van der Waals surface area contributed by atoms with E-state index >= 15 is 0 Å². The van der Waals surface area contributed by atoms with Gasteiger partial charge < -0.3 is 5.73 Å². The summed E-state index contributed by atoms with van der Waals surface area (Å²) in [4.78, 5) is 11.0. The molecule has 1 aromatic heterocycles. The fourth-order valence-electron chi connectivity index (χ4n) is 0.788. The van der Waals surface area contributed by atoms with Gasteiger partial charge in [-0.05, 0) is 0 Å². The van der Waals surface area contributed by atoms with E-state index in [1.54, 1.807) is 14.1 Å². The zero-order chi connectivity index (χ0) is 7.72. The van der Waals surface area contributed by atoms with Crippen LogP contribution in [0.4, 0.5) is 0 Å². The molecule has 1 rings (SSSR count). The summed E-state index contributed by atoms with van der Waals surface area (Å²) in [5.74, 6) is 0.604. The fraction of sp³-hybridized carbons (Fsp3) is 0.600. The van der Waals surface area contributed by atoms with Gasteiger partial charge in [0.15, 0.2) is 0 Å². The first-order chi connectivity index (χ1) is 4.66. The second-order valence-electron chi connectivity index (χ2n) is 2.09. The van der Waals surface area contributed by atoms with Crippen LogP contribution in [-0.4, -0.2) is 14.3 Å². The van der Waals surface area contributed by atoms with Gasteiger partial charge in [-0.3, -0.25) is 4.57 Å². The topological polar surface area (TPSA) is 65.8 Å². The van der Waals surface area contributed by atoms with Crippen LogP contribution in [0.2, 0.25) is 0 Å². The minimum absolute atomic E-state index is 0. The predicted molar refractivity (Wildman–Crippen MR) is 43.6 cm³/mol. The predicted octanol–water partition coefficient (Wildman–Crippen LogP) is -1.00. The number of halogens is 1. The molecule has 64 valence electrons. The highest BCUT2D eigenvalue weighted by Gasteiger charge is 2.03. The monoisotopic (exact) mass is 178 g/mol. The molecule has 0 unspecified atom stereocenters. The Morgan fingerprint density at radius 1 is 1.55 bits per heavy atom. The Morgan fingerprint density at radius 3 is 2.27 bits per heavy atom. The Balaban J connectivity index is 0.000001000. The van der Waals surface area contributed by atoms with Gasteiger partial charge in [0.2, 0.25) is 0 Å². The lowest BCUT2D eigenvalue weighted by Crippen LogP contribution is -2.21. The summed E-state index contributed by atoms with van der Waals surface area (Å²) in [6, 6.07) is 0. The van der Waals surface area contributed by atoms with Gasteiger partial charge in [0.25, 0.3) is 0 Å². The van der Waals surface area contributed by atoms with Crippen molar-refractivity contribution in [1.29, 1.82) is 0 Å². The van der Waals surface area contributed by atoms with E-state index in [4.69, 9.17) is 5.73 Å².